The molecule has 0 atom stereocenters. The number of nitrogens with two attached hydrogens (primary N) is 1. The molecule has 20 heavy (non-hydrogen) atoms. The molecule has 2 rings (SSSR count). The summed E-state index contributed by atoms with van der Waals surface area (Å²) in [6.07, 6.45) is 5.56. The lowest BCUT2D eigenvalue weighted by molar-refractivity contribution is 0.145. The van der Waals surface area contributed by atoms with Gasteiger partial charge in [-0.15, -0.1) is 0 Å². The monoisotopic (exact) mass is 279 g/mol. The summed E-state index contributed by atoms with van der Waals surface area (Å²) in [4.78, 5) is 10.5. The molecule has 0 bridgehead atoms. The van der Waals surface area contributed by atoms with Crippen molar-refractivity contribution >= 4 is 12.2 Å². The molecule has 1 aliphatic carbocycles. The summed E-state index contributed by atoms with van der Waals surface area (Å²) in [5.74, 6) is 0.757. The van der Waals surface area contributed by atoms with Crippen molar-refractivity contribution in [2.75, 3.05) is 0 Å². The van der Waals surface area contributed by atoms with Gasteiger partial charge in [-0.2, -0.15) is 5.10 Å². The average Bonchev–Trinajstić information content (AvgIpc) is 2.43. The number of hydrazone groups is 1. The fraction of sp³-hybridized carbons (Fsp3) is 0.429. The first-order valence-electron chi connectivity index (χ1n) is 6.64. The zero-order chi connectivity index (χ0) is 14.4. The molecule has 5 nitrogen and oxygen atoms in total. The van der Waals surface area contributed by atoms with E-state index in [0.717, 1.165) is 25.7 Å². The molecule has 2 amide bonds. The smallest absolute Gasteiger partial charge is 0.332 e. The molecule has 3 N–H and O–H groups in total. The van der Waals surface area contributed by atoms with E-state index < -0.39 is 6.03 Å². The molecule has 0 heterocycles. The van der Waals surface area contributed by atoms with Gasteiger partial charge < -0.3 is 10.5 Å². The minimum absolute atomic E-state index is 0.147. The number of nitrogens with one attached hydrogen (secondary N) is 1. The number of benzene rings is 1. The molecule has 0 radical (unpaired) electrons. The Morgan fingerprint density at radius 1 is 1.30 bits per heavy atom. The van der Waals surface area contributed by atoms with E-state index in [0.29, 0.717) is 11.7 Å². The molecule has 0 aromatic heterocycles. The van der Waals surface area contributed by atoms with Crippen LogP contribution in [0.3, 0.4) is 0 Å². The quantitative estimate of drug-likeness (QED) is 0.656. The number of hydrogen-bond acceptors (Lipinski definition) is 3. The van der Waals surface area contributed by atoms with Crippen molar-refractivity contribution in [2.45, 2.75) is 31.8 Å². The largest absolute Gasteiger partial charge is 0.490 e. The third-order valence-electron chi connectivity index (χ3n) is 3.30. The maximum atomic E-state index is 12.8. The molecule has 0 aliphatic heterocycles. The molecule has 0 spiro atoms. The van der Waals surface area contributed by atoms with E-state index in [9.17, 15) is 9.18 Å². The SMILES string of the molecule is NC(=O)N/N=C/C1CCC(Oc2ccc(F)cc2)CC1. The zero-order valence-corrected chi connectivity index (χ0v) is 11.1. The first-order valence-corrected chi connectivity index (χ1v) is 6.64. The molecule has 6 heteroatoms. The number of primary amides is 1. The van der Waals surface area contributed by atoms with Crippen LogP contribution in [0.25, 0.3) is 0 Å². The minimum atomic E-state index is -0.658. The Balaban J connectivity index is 1.75. The number of rotatable bonds is 4. The van der Waals surface area contributed by atoms with Gasteiger partial charge >= 0.3 is 6.03 Å². The number of halogens is 1. The van der Waals surface area contributed by atoms with Crippen molar-refractivity contribution in [2.24, 2.45) is 16.8 Å². The maximum Gasteiger partial charge on any atom is 0.332 e. The van der Waals surface area contributed by atoms with Crippen LogP contribution in [0.2, 0.25) is 0 Å². The molecular formula is C14H18FN3O2. The van der Waals surface area contributed by atoms with Gasteiger partial charge in [0.05, 0.1) is 6.10 Å². The van der Waals surface area contributed by atoms with Crippen LogP contribution in [-0.2, 0) is 0 Å². The Hall–Kier alpha value is -2.11. The minimum Gasteiger partial charge on any atom is -0.490 e. The Morgan fingerprint density at radius 3 is 2.55 bits per heavy atom. The van der Waals surface area contributed by atoms with Gasteiger partial charge in [0.1, 0.15) is 11.6 Å². The molecule has 1 aromatic rings. The predicted molar refractivity (Wildman–Crippen MR) is 74.0 cm³/mol. The molecule has 1 aliphatic rings. The van der Waals surface area contributed by atoms with Crippen molar-refractivity contribution in [3.8, 4) is 5.75 Å². The van der Waals surface area contributed by atoms with E-state index in [4.69, 9.17) is 10.5 Å². The third kappa shape index (κ3) is 4.53. The highest BCUT2D eigenvalue weighted by Crippen LogP contribution is 2.26. The van der Waals surface area contributed by atoms with Crippen molar-refractivity contribution in [1.82, 2.24) is 5.43 Å². The fourth-order valence-corrected chi connectivity index (χ4v) is 2.27. The summed E-state index contributed by atoms with van der Waals surface area (Å²) in [7, 11) is 0. The summed E-state index contributed by atoms with van der Waals surface area (Å²) in [5, 5.41) is 3.78. The van der Waals surface area contributed by atoms with E-state index in [2.05, 4.69) is 10.5 Å². The van der Waals surface area contributed by atoms with Crippen LogP contribution in [0.1, 0.15) is 25.7 Å². The van der Waals surface area contributed by atoms with E-state index >= 15 is 0 Å². The van der Waals surface area contributed by atoms with Crippen molar-refractivity contribution in [1.29, 1.82) is 0 Å². The number of urea groups is 1. The first kappa shape index (κ1) is 14.3. The van der Waals surface area contributed by atoms with E-state index in [-0.39, 0.29) is 11.9 Å². The highest BCUT2D eigenvalue weighted by Gasteiger charge is 2.21. The summed E-state index contributed by atoms with van der Waals surface area (Å²) in [6, 6.07) is 5.40. The van der Waals surface area contributed by atoms with Crippen LogP contribution < -0.4 is 15.9 Å². The number of amides is 2. The number of carbonyl (C=O) groups is 1. The van der Waals surface area contributed by atoms with Gasteiger partial charge in [0, 0.05) is 6.21 Å². The molecule has 1 fully saturated rings. The second kappa shape index (κ2) is 6.88. The van der Waals surface area contributed by atoms with Gasteiger partial charge in [0.2, 0.25) is 0 Å². The standard InChI is InChI=1S/C14H18FN3O2/c15-11-3-7-13(8-4-11)20-12-5-1-10(2-6-12)9-17-18-14(16)19/h3-4,7-10,12H,1-2,5-6H2,(H3,16,18,19)/b17-9+. The summed E-state index contributed by atoms with van der Waals surface area (Å²) in [6.45, 7) is 0. The predicted octanol–water partition coefficient (Wildman–Crippen LogP) is 2.42. The van der Waals surface area contributed by atoms with Crippen LogP contribution in [0.15, 0.2) is 29.4 Å². The fourth-order valence-electron chi connectivity index (χ4n) is 2.27. The number of carbonyl (C=O) groups excluding carboxylic acids is 1. The van der Waals surface area contributed by atoms with Gasteiger partial charge in [-0.25, -0.2) is 14.6 Å². The zero-order valence-electron chi connectivity index (χ0n) is 11.1. The Morgan fingerprint density at radius 2 is 1.95 bits per heavy atom. The lowest BCUT2D eigenvalue weighted by Crippen LogP contribution is -2.27. The van der Waals surface area contributed by atoms with Gasteiger partial charge in [-0.05, 0) is 55.9 Å². The van der Waals surface area contributed by atoms with Crippen LogP contribution in [0, 0.1) is 11.7 Å². The molecular weight excluding hydrogens is 261 g/mol. The van der Waals surface area contributed by atoms with Crippen LogP contribution in [0.5, 0.6) is 5.75 Å². The lowest BCUT2D eigenvalue weighted by atomic mass is 9.88. The number of nitrogens with zero attached hydrogens (tertiary/aromatic N) is 1. The van der Waals surface area contributed by atoms with E-state index in [1.54, 1.807) is 18.3 Å². The van der Waals surface area contributed by atoms with Crippen molar-refractivity contribution in [3.05, 3.63) is 30.1 Å². The van der Waals surface area contributed by atoms with Gasteiger partial charge in [0.15, 0.2) is 0 Å². The first-order chi connectivity index (χ1) is 9.63. The highest BCUT2D eigenvalue weighted by molar-refractivity contribution is 5.73. The molecule has 108 valence electrons. The maximum absolute atomic E-state index is 12.8. The van der Waals surface area contributed by atoms with Crippen LogP contribution >= 0.6 is 0 Å². The summed E-state index contributed by atoms with van der Waals surface area (Å²) >= 11 is 0. The average molecular weight is 279 g/mol. The van der Waals surface area contributed by atoms with Crippen LogP contribution in [-0.4, -0.2) is 18.3 Å². The second-order valence-corrected chi connectivity index (χ2v) is 4.86. The highest BCUT2D eigenvalue weighted by atomic mass is 19.1. The second-order valence-electron chi connectivity index (χ2n) is 4.86. The Labute approximate surface area is 117 Å². The normalized spacial score (nSPS) is 22.6. The molecule has 0 unspecified atom stereocenters. The topological polar surface area (TPSA) is 76.7 Å². The van der Waals surface area contributed by atoms with Gasteiger partial charge in [-0.1, -0.05) is 0 Å². The van der Waals surface area contributed by atoms with Gasteiger partial charge in [0.25, 0.3) is 0 Å². The van der Waals surface area contributed by atoms with E-state index in [1.807, 2.05) is 0 Å². The molecule has 0 saturated heterocycles. The molecule has 1 saturated carbocycles. The van der Waals surface area contributed by atoms with Crippen molar-refractivity contribution in [3.63, 3.8) is 0 Å². The number of hydrogen-bond donors (Lipinski definition) is 2. The summed E-state index contributed by atoms with van der Waals surface area (Å²) < 4.78 is 18.6. The number of ether oxygens (including phenoxy) is 1. The van der Waals surface area contributed by atoms with E-state index in [1.165, 1.54) is 12.1 Å². The molecule has 1 aromatic carbocycles. The Bertz CT molecular complexity index is 468. The lowest BCUT2D eigenvalue weighted by Gasteiger charge is -2.26. The van der Waals surface area contributed by atoms with Crippen molar-refractivity contribution < 1.29 is 13.9 Å². The Kier molecular flexibility index (Phi) is 4.92. The summed E-state index contributed by atoms with van der Waals surface area (Å²) in [5.41, 5.74) is 7.11. The van der Waals surface area contributed by atoms with Gasteiger partial charge in [-0.3, -0.25) is 0 Å². The van der Waals surface area contributed by atoms with Crippen LogP contribution in [0.4, 0.5) is 9.18 Å². The third-order valence-corrected chi connectivity index (χ3v) is 3.30.